The van der Waals surface area contributed by atoms with Crippen LogP contribution in [0.1, 0.15) is 36.2 Å². The van der Waals surface area contributed by atoms with Crippen LogP contribution in [0.25, 0.3) is 0 Å². The van der Waals surface area contributed by atoms with Crippen molar-refractivity contribution in [3.8, 4) is 0 Å². The van der Waals surface area contributed by atoms with E-state index in [0.29, 0.717) is 6.54 Å². The van der Waals surface area contributed by atoms with E-state index >= 15 is 0 Å². The average Bonchev–Trinajstić information content (AvgIpc) is 2.38. The zero-order chi connectivity index (χ0) is 12.5. The van der Waals surface area contributed by atoms with Gasteiger partial charge in [-0.05, 0) is 31.4 Å². The summed E-state index contributed by atoms with van der Waals surface area (Å²) in [6.07, 6.45) is 1.63. The molecule has 1 aliphatic rings. The van der Waals surface area contributed by atoms with E-state index in [1.807, 2.05) is 43.0 Å². The topological polar surface area (TPSA) is 40.5 Å². The summed E-state index contributed by atoms with van der Waals surface area (Å²) in [5, 5.41) is 9.51. The monoisotopic (exact) mass is 233 g/mol. The van der Waals surface area contributed by atoms with Crippen molar-refractivity contribution >= 4 is 5.91 Å². The van der Waals surface area contributed by atoms with Crippen LogP contribution in [-0.2, 0) is 6.42 Å². The molecule has 0 saturated heterocycles. The lowest BCUT2D eigenvalue weighted by atomic mass is 9.91. The van der Waals surface area contributed by atoms with E-state index in [0.717, 1.165) is 24.0 Å². The molecule has 0 aliphatic carbocycles. The first kappa shape index (κ1) is 12.1. The van der Waals surface area contributed by atoms with Gasteiger partial charge in [-0.2, -0.15) is 0 Å². The highest BCUT2D eigenvalue weighted by molar-refractivity contribution is 5.97. The van der Waals surface area contributed by atoms with E-state index in [2.05, 4.69) is 0 Å². The first-order chi connectivity index (χ1) is 8.12. The number of aliphatic hydroxyl groups excluding tert-OH is 1. The van der Waals surface area contributed by atoms with Crippen molar-refractivity contribution in [3.05, 3.63) is 35.4 Å². The fourth-order valence-electron chi connectivity index (χ4n) is 2.33. The predicted molar refractivity (Wildman–Crippen MR) is 67.0 cm³/mol. The van der Waals surface area contributed by atoms with E-state index in [4.69, 9.17) is 0 Å². The van der Waals surface area contributed by atoms with Crippen LogP contribution >= 0.6 is 0 Å². The van der Waals surface area contributed by atoms with Gasteiger partial charge in [-0.3, -0.25) is 4.79 Å². The van der Waals surface area contributed by atoms with Crippen LogP contribution in [0.5, 0.6) is 0 Å². The van der Waals surface area contributed by atoms with Crippen molar-refractivity contribution in [2.24, 2.45) is 0 Å². The number of nitrogens with zero attached hydrogens (tertiary/aromatic N) is 1. The molecule has 0 aromatic heterocycles. The molecule has 0 saturated carbocycles. The number of aliphatic hydroxyl groups is 1. The number of hydrogen-bond acceptors (Lipinski definition) is 2. The third-order valence-electron chi connectivity index (χ3n) is 3.85. The van der Waals surface area contributed by atoms with E-state index in [1.165, 1.54) is 0 Å². The molecule has 0 spiro atoms. The summed E-state index contributed by atoms with van der Waals surface area (Å²) in [7, 11) is 0. The molecule has 92 valence electrons. The Morgan fingerprint density at radius 3 is 2.76 bits per heavy atom. The van der Waals surface area contributed by atoms with Crippen molar-refractivity contribution in [1.29, 1.82) is 0 Å². The minimum Gasteiger partial charge on any atom is -0.394 e. The maximum Gasteiger partial charge on any atom is 0.254 e. The molecule has 1 aromatic rings. The van der Waals surface area contributed by atoms with Gasteiger partial charge in [0.1, 0.15) is 0 Å². The molecule has 1 unspecified atom stereocenters. The molecule has 0 radical (unpaired) electrons. The second-order valence-corrected chi connectivity index (χ2v) is 4.87. The van der Waals surface area contributed by atoms with Crippen LogP contribution in [0.4, 0.5) is 0 Å². The first-order valence-corrected chi connectivity index (χ1v) is 6.13. The number of rotatable bonds is 3. The number of carbonyl (C=O) groups excluding carboxylic acids is 1. The summed E-state index contributed by atoms with van der Waals surface area (Å²) in [5.41, 5.74) is 1.46. The quantitative estimate of drug-likeness (QED) is 0.865. The number of fused-ring (bicyclic) bond motifs is 1. The second-order valence-electron chi connectivity index (χ2n) is 4.87. The number of hydrogen-bond donors (Lipinski definition) is 1. The standard InChI is InChI=1S/C14H19NO2/c1-3-14(2,10-16)15-9-8-11-6-4-5-7-12(11)13(15)17/h4-7,16H,3,8-10H2,1-2H3. The third kappa shape index (κ3) is 1.95. The molecule has 1 aromatic carbocycles. The van der Waals surface area contributed by atoms with Gasteiger partial charge in [0.25, 0.3) is 5.91 Å². The highest BCUT2D eigenvalue weighted by Crippen LogP contribution is 2.27. The fraction of sp³-hybridized carbons (Fsp3) is 0.500. The van der Waals surface area contributed by atoms with Crippen molar-refractivity contribution < 1.29 is 9.90 Å². The Labute approximate surface area is 102 Å². The molecule has 1 N–H and O–H groups in total. The summed E-state index contributed by atoms with van der Waals surface area (Å²) in [6, 6.07) is 7.74. The Balaban J connectivity index is 2.35. The molecule has 1 amide bonds. The molecule has 1 aliphatic heterocycles. The summed E-state index contributed by atoms with van der Waals surface area (Å²) < 4.78 is 0. The number of amides is 1. The lowest BCUT2D eigenvalue weighted by Gasteiger charge is -2.42. The maximum atomic E-state index is 12.4. The van der Waals surface area contributed by atoms with Crippen molar-refractivity contribution in [2.75, 3.05) is 13.2 Å². The molecule has 1 heterocycles. The average molecular weight is 233 g/mol. The third-order valence-corrected chi connectivity index (χ3v) is 3.85. The van der Waals surface area contributed by atoms with Gasteiger partial charge in [-0.15, -0.1) is 0 Å². The van der Waals surface area contributed by atoms with Gasteiger partial charge in [-0.25, -0.2) is 0 Å². The van der Waals surface area contributed by atoms with Gasteiger partial charge >= 0.3 is 0 Å². The Morgan fingerprint density at radius 2 is 2.12 bits per heavy atom. The zero-order valence-corrected chi connectivity index (χ0v) is 10.4. The largest absolute Gasteiger partial charge is 0.394 e. The Hall–Kier alpha value is -1.35. The number of benzene rings is 1. The second kappa shape index (κ2) is 4.49. The molecule has 1 atom stereocenters. The van der Waals surface area contributed by atoms with Gasteiger partial charge in [0, 0.05) is 12.1 Å². The lowest BCUT2D eigenvalue weighted by Crippen LogP contribution is -2.54. The highest BCUT2D eigenvalue weighted by Gasteiger charge is 2.36. The fourth-order valence-corrected chi connectivity index (χ4v) is 2.33. The van der Waals surface area contributed by atoms with Crippen molar-refractivity contribution in [2.45, 2.75) is 32.2 Å². The number of carbonyl (C=O) groups is 1. The molecular weight excluding hydrogens is 214 g/mol. The molecule has 0 fully saturated rings. The minimum absolute atomic E-state index is 0.0113. The first-order valence-electron chi connectivity index (χ1n) is 6.13. The Morgan fingerprint density at radius 1 is 1.41 bits per heavy atom. The van der Waals surface area contributed by atoms with Gasteiger partial charge in [-0.1, -0.05) is 25.1 Å². The van der Waals surface area contributed by atoms with Gasteiger partial charge in [0.05, 0.1) is 12.1 Å². The van der Waals surface area contributed by atoms with Crippen molar-refractivity contribution in [3.63, 3.8) is 0 Å². The van der Waals surface area contributed by atoms with Crippen LogP contribution in [-0.4, -0.2) is 34.6 Å². The normalized spacial score (nSPS) is 18.8. The van der Waals surface area contributed by atoms with Crippen LogP contribution in [0, 0.1) is 0 Å². The van der Waals surface area contributed by atoms with Crippen LogP contribution in [0.3, 0.4) is 0 Å². The molecule has 17 heavy (non-hydrogen) atoms. The van der Waals surface area contributed by atoms with Crippen LogP contribution in [0.15, 0.2) is 24.3 Å². The van der Waals surface area contributed by atoms with Gasteiger partial charge < -0.3 is 10.0 Å². The van der Waals surface area contributed by atoms with Gasteiger partial charge in [0.2, 0.25) is 0 Å². The molecular formula is C14H19NO2. The smallest absolute Gasteiger partial charge is 0.254 e. The minimum atomic E-state index is -0.440. The van der Waals surface area contributed by atoms with Crippen molar-refractivity contribution in [1.82, 2.24) is 4.90 Å². The summed E-state index contributed by atoms with van der Waals surface area (Å²) >= 11 is 0. The SMILES string of the molecule is CCC(C)(CO)N1CCc2ccccc2C1=O. The summed E-state index contributed by atoms with van der Waals surface area (Å²) in [6.45, 7) is 4.65. The maximum absolute atomic E-state index is 12.4. The summed E-state index contributed by atoms with van der Waals surface area (Å²) in [4.78, 5) is 14.2. The predicted octanol–water partition coefficient (Wildman–Crippen LogP) is 1.85. The Kier molecular flexibility index (Phi) is 3.20. The van der Waals surface area contributed by atoms with E-state index in [9.17, 15) is 9.90 Å². The lowest BCUT2D eigenvalue weighted by molar-refractivity contribution is 0.0267. The molecule has 3 nitrogen and oxygen atoms in total. The van der Waals surface area contributed by atoms with E-state index < -0.39 is 5.54 Å². The molecule has 0 bridgehead atoms. The van der Waals surface area contributed by atoms with E-state index in [-0.39, 0.29) is 12.5 Å². The Bertz CT molecular complexity index is 424. The van der Waals surface area contributed by atoms with Gasteiger partial charge in [0.15, 0.2) is 0 Å². The zero-order valence-electron chi connectivity index (χ0n) is 10.4. The molecule has 2 rings (SSSR count). The van der Waals surface area contributed by atoms with Crippen LogP contribution in [0.2, 0.25) is 0 Å². The van der Waals surface area contributed by atoms with E-state index in [1.54, 1.807) is 0 Å². The molecule has 3 heteroatoms. The summed E-state index contributed by atoms with van der Waals surface area (Å²) in [5.74, 6) is 0.0465. The highest BCUT2D eigenvalue weighted by atomic mass is 16.3. The van der Waals surface area contributed by atoms with Crippen LogP contribution < -0.4 is 0 Å².